The largest absolute Gasteiger partial charge is 0.493 e. The van der Waals surface area contributed by atoms with Crippen LogP contribution < -0.4 is 15.2 Å². The van der Waals surface area contributed by atoms with E-state index < -0.39 is 11.9 Å². The molecule has 6 nitrogen and oxygen atoms in total. The highest BCUT2D eigenvalue weighted by atomic mass is 32.2. The van der Waals surface area contributed by atoms with Crippen LogP contribution in [0.25, 0.3) is 0 Å². The van der Waals surface area contributed by atoms with Crippen LogP contribution in [-0.2, 0) is 9.53 Å². The highest BCUT2D eigenvalue weighted by molar-refractivity contribution is 8.14. The zero-order valence-electron chi connectivity index (χ0n) is 12.2. The second-order valence-electron chi connectivity index (χ2n) is 4.43. The Morgan fingerprint density at radius 2 is 2.05 bits per heavy atom. The van der Waals surface area contributed by atoms with Crippen LogP contribution in [0.1, 0.15) is 11.7 Å². The Bertz CT molecular complexity index is 562. The predicted molar refractivity (Wildman–Crippen MR) is 82.2 cm³/mol. The lowest BCUT2D eigenvalue weighted by Gasteiger charge is -2.17. The number of carbonyl (C=O) groups is 1. The van der Waals surface area contributed by atoms with Gasteiger partial charge in [-0.15, -0.1) is 11.8 Å². The number of methoxy groups -OCH3 is 3. The van der Waals surface area contributed by atoms with Crippen molar-refractivity contribution in [3.63, 3.8) is 0 Å². The normalized spacial score (nSPS) is 19.0. The molecular weight excluding hydrogens is 292 g/mol. The summed E-state index contributed by atoms with van der Waals surface area (Å²) < 4.78 is 16.0. The van der Waals surface area contributed by atoms with Crippen LogP contribution in [0.15, 0.2) is 23.2 Å². The van der Waals surface area contributed by atoms with Crippen molar-refractivity contribution in [2.45, 2.75) is 12.1 Å². The van der Waals surface area contributed by atoms with Crippen LogP contribution >= 0.6 is 11.8 Å². The van der Waals surface area contributed by atoms with Crippen LogP contribution in [0.2, 0.25) is 0 Å². The molecule has 1 amide bonds. The highest BCUT2D eigenvalue weighted by Crippen LogP contribution is 2.35. The minimum absolute atomic E-state index is 0.348. The van der Waals surface area contributed by atoms with Crippen LogP contribution in [0.3, 0.4) is 0 Å². The van der Waals surface area contributed by atoms with E-state index in [1.165, 1.54) is 11.8 Å². The smallest absolute Gasteiger partial charge is 0.243 e. The van der Waals surface area contributed by atoms with Crippen molar-refractivity contribution in [1.82, 2.24) is 0 Å². The average molecular weight is 310 g/mol. The Balaban J connectivity index is 2.30. The van der Waals surface area contributed by atoms with Gasteiger partial charge < -0.3 is 19.9 Å². The first-order valence-electron chi connectivity index (χ1n) is 6.35. The van der Waals surface area contributed by atoms with Gasteiger partial charge in [0.25, 0.3) is 0 Å². The maximum Gasteiger partial charge on any atom is 0.243 e. The van der Waals surface area contributed by atoms with E-state index in [0.717, 1.165) is 10.6 Å². The van der Waals surface area contributed by atoms with Crippen molar-refractivity contribution in [3.8, 4) is 11.5 Å². The topological polar surface area (TPSA) is 83.1 Å². The van der Waals surface area contributed by atoms with E-state index in [1.54, 1.807) is 21.3 Å². The van der Waals surface area contributed by atoms with Gasteiger partial charge in [-0.2, -0.15) is 0 Å². The van der Waals surface area contributed by atoms with Crippen molar-refractivity contribution in [3.05, 3.63) is 23.8 Å². The van der Waals surface area contributed by atoms with E-state index in [-0.39, 0.29) is 6.10 Å². The number of nitrogens with two attached hydrogens (primary N) is 1. The molecular formula is C14H18N2O4S. The third kappa shape index (κ3) is 3.30. The zero-order chi connectivity index (χ0) is 15.4. The van der Waals surface area contributed by atoms with Crippen LogP contribution in [0.4, 0.5) is 0 Å². The van der Waals surface area contributed by atoms with Crippen molar-refractivity contribution in [1.29, 1.82) is 0 Å². The summed E-state index contributed by atoms with van der Waals surface area (Å²) in [4.78, 5) is 15.5. The summed E-state index contributed by atoms with van der Waals surface area (Å²) in [5, 5.41) is 0.744. The van der Waals surface area contributed by atoms with Crippen LogP contribution in [0, 0.1) is 0 Å². The molecule has 0 fully saturated rings. The quantitative estimate of drug-likeness (QED) is 0.858. The fraction of sp³-hybridized carbons (Fsp3) is 0.429. The molecule has 1 aliphatic rings. The third-order valence-electron chi connectivity index (χ3n) is 3.17. The van der Waals surface area contributed by atoms with E-state index in [9.17, 15) is 4.79 Å². The number of benzene rings is 1. The molecule has 2 atom stereocenters. The van der Waals surface area contributed by atoms with Gasteiger partial charge in [-0.05, 0) is 17.7 Å². The minimum Gasteiger partial charge on any atom is -0.493 e. The van der Waals surface area contributed by atoms with E-state index in [4.69, 9.17) is 19.9 Å². The van der Waals surface area contributed by atoms with E-state index >= 15 is 0 Å². The molecule has 0 radical (unpaired) electrons. The summed E-state index contributed by atoms with van der Waals surface area (Å²) in [5.74, 6) is 1.40. The van der Waals surface area contributed by atoms with Crippen molar-refractivity contribution in [2.75, 3.05) is 27.1 Å². The molecule has 2 unspecified atom stereocenters. The first-order chi connectivity index (χ1) is 10.1. The average Bonchev–Trinajstić information content (AvgIpc) is 2.97. The highest BCUT2D eigenvalue weighted by Gasteiger charge is 2.29. The second kappa shape index (κ2) is 6.82. The number of amides is 1. The SMILES string of the molecule is COc1ccc(C(OC)C2=NC(C(N)=O)CS2)cc1OC. The second-order valence-corrected chi connectivity index (χ2v) is 5.47. The number of hydrogen-bond acceptors (Lipinski definition) is 6. The van der Waals surface area contributed by atoms with Crippen molar-refractivity contribution < 1.29 is 19.0 Å². The molecule has 21 heavy (non-hydrogen) atoms. The third-order valence-corrected chi connectivity index (χ3v) is 4.27. The molecule has 7 heteroatoms. The van der Waals surface area contributed by atoms with Gasteiger partial charge in [-0.1, -0.05) is 6.07 Å². The molecule has 2 N–H and O–H groups in total. The van der Waals surface area contributed by atoms with Gasteiger partial charge in [0.2, 0.25) is 5.91 Å². The summed E-state index contributed by atoms with van der Waals surface area (Å²) in [5.41, 5.74) is 6.17. The summed E-state index contributed by atoms with van der Waals surface area (Å²) in [6.07, 6.45) is -0.348. The lowest BCUT2D eigenvalue weighted by atomic mass is 10.1. The maximum absolute atomic E-state index is 11.2. The van der Waals surface area contributed by atoms with E-state index in [2.05, 4.69) is 4.99 Å². The van der Waals surface area contributed by atoms with Gasteiger partial charge in [0.15, 0.2) is 11.5 Å². The standard InChI is InChI=1S/C14H18N2O4S/c1-18-10-5-4-8(6-11(10)19-2)12(20-3)14-16-9(7-21-14)13(15)17/h4-6,9,12H,7H2,1-3H3,(H2,15,17). The number of thioether (sulfide) groups is 1. The number of nitrogens with zero attached hydrogens (tertiary/aromatic N) is 1. The first-order valence-corrected chi connectivity index (χ1v) is 7.33. The van der Waals surface area contributed by atoms with Crippen molar-refractivity contribution >= 4 is 22.7 Å². The summed E-state index contributed by atoms with van der Waals surface area (Å²) in [7, 11) is 4.76. The molecule has 0 spiro atoms. The molecule has 1 aromatic rings. The number of ether oxygens (including phenoxy) is 3. The number of rotatable bonds is 6. The Hall–Kier alpha value is -1.73. The Morgan fingerprint density at radius 1 is 1.33 bits per heavy atom. The molecule has 114 valence electrons. The molecule has 1 heterocycles. The summed E-state index contributed by atoms with van der Waals surface area (Å²) in [6.45, 7) is 0. The van der Waals surface area contributed by atoms with Crippen molar-refractivity contribution in [2.24, 2.45) is 10.7 Å². The fourth-order valence-electron chi connectivity index (χ4n) is 2.08. The maximum atomic E-state index is 11.2. The number of carbonyl (C=O) groups excluding carboxylic acids is 1. The molecule has 0 aliphatic carbocycles. The number of primary amides is 1. The lowest BCUT2D eigenvalue weighted by Crippen LogP contribution is -2.26. The van der Waals surface area contributed by atoms with Gasteiger partial charge in [0.1, 0.15) is 17.2 Å². The monoisotopic (exact) mass is 310 g/mol. The van der Waals surface area contributed by atoms with E-state index in [0.29, 0.717) is 17.3 Å². The Labute approximate surface area is 127 Å². The molecule has 0 bridgehead atoms. The molecule has 0 saturated carbocycles. The lowest BCUT2D eigenvalue weighted by molar-refractivity contribution is -0.118. The molecule has 0 saturated heterocycles. The fourth-order valence-corrected chi connectivity index (χ4v) is 3.23. The molecule has 1 aromatic carbocycles. The number of hydrogen-bond donors (Lipinski definition) is 1. The van der Waals surface area contributed by atoms with Crippen LogP contribution in [0.5, 0.6) is 11.5 Å². The Kier molecular flexibility index (Phi) is 5.08. The Morgan fingerprint density at radius 3 is 2.57 bits per heavy atom. The van der Waals surface area contributed by atoms with Crippen LogP contribution in [-0.4, -0.2) is 44.1 Å². The van der Waals surface area contributed by atoms with Gasteiger partial charge in [-0.3, -0.25) is 9.79 Å². The molecule has 0 aromatic heterocycles. The van der Waals surface area contributed by atoms with Gasteiger partial charge in [0.05, 0.1) is 14.2 Å². The van der Waals surface area contributed by atoms with Gasteiger partial charge in [-0.25, -0.2) is 0 Å². The zero-order valence-corrected chi connectivity index (χ0v) is 13.0. The summed E-state index contributed by atoms with van der Waals surface area (Å²) in [6, 6.07) is 5.05. The molecule has 1 aliphatic heterocycles. The number of aliphatic imine (C=N–C) groups is 1. The predicted octanol–water partition coefficient (Wildman–Crippen LogP) is 1.39. The summed E-state index contributed by atoms with van der Waals surface area (Å²) >= 11 is 1.48. The minimum atomic E-state index is -0.484. The first kappa shape index (κ1) is 15.7. The van der Waals surface area contributed by atoms with E-state index in [1.807, 2.05) is 18.2 Å². The van der Waals surface area contributed by atoms with Gasteiger partial charge >= 0.3 is 0 Å². The van der Waals surface area contributed by atoms with Gasteiger partial charge in [0, 0.05) is 12.9 Å². The molecule has 2 rings (SSSR count).